The van der Waals surface area contributed by atoms with E-state index in [4.69, 9.17) is 18.9 Å². The zero-order valence-corrected chi connectivity index (χ0v) is 21.0. The maximum absolute atomic E-state index is 12.9. The highest BCUT2D eigenvalue weighted by Crippen LogP contribution is 2.27. The Labute approximate surface area is 211 Å². The molecule has 3 rings (SSSR count). The van der Waals surface area contributed by atoms with E-state index in [0.717, 1.165) is 5.56 Å². The van der Waals surface area contributed by atoms with Gasteiger partial charge in [0.05, 0.1) is 32.6 Å². The van der Waals surface area contributed by atoms with E-state index in [1.807, 2.05) is 25.1 Å². The quantitative estimate of drug-likeness (QED) is 0.387. The zero-order valence-electron chi connectivity index (χ0n) is 21.0. The number of carbonyl (C=O) groups excluding carboxylic acids is 2. The summed E-state index contributed by atoms with van der Waals surface area (Å²) in [4.78, 5) is 25.8. The Balaban J connectivity index is 1.61. The normalized spacial score (nSPS) is 11.2. The lowest BCUT2D eigenvalue weighted by atomic mass is 10.1. The van der Waals surface area contributed by atoms with Gasteiger partial charge in [0.2, 0.25) is 0 Å². The zero-order chi connectivity index (χ0) is 25.9. The number of carbonyl (C=O) groups is 2. The van der Waals surface area contributed by atoms with E-state index in [2.05, 4.69) is 10.6 Å². The lowest BCUT2D eigenvalue weighted by Gasteiger charge is -2.18. The second-order valence-corrected chi connectivity index (χ2v) is 7.92. The Morgan fingerprint density at radius 3 is 2.19 bits per heavy atom. The summed E-state index contributed by atoms with van der Waals surface area (Å²) >= 11 is 0. The summed E-state index contributed by atoms with van der Waals surface area (Å²) in [7, 11) is 4.75. The number of anilines is 1. The number of rotatable bonds is 12. The molecule has 1 atom stereocenters. The number of para-hydroxylation sites is 1. The van der Waals surface area contributed by atoms with E-state index in [9.17, 15) is 9.59 Å². The van der Waals surface area contributed by atoms with Crippen molar-refractivity contribution in [3.63, 3.8) is 0 Å². The Kier molecular flexibility index (Phi) is 9.56. The molecule has 0 aromatic heterocycles. The van der Waals surface area contributed by atoms with E-state index < -0.39 is 6.10 Å². The molecule has 0 fully saturated rings. The van der Waals surface area contributed by atoms with Crippen LogP contribution in [0.3, 0.4) is 0 Å². The van der Waals surface area contributed by atoms with Crippen LogP contribution in [-0.4, -0.2) is 45.8 Å². The van der Waals surface area contributed by atoms with Crippen LogP contribution in [-0.2, 0) is 11.2 Å². The molecular weight excluding hydrogens is 460 g/mol. The van der Waals surface area contributed by atoms with Crippen LogP contribution in [0, 0.1) is 0 Å². The summed E-state index contributed by atoms with van der Waals surface area (Å²) in [6.45, 7) is 2.27. The molecule has 36 heavy (non-hydrogen) atoms. The number of nitrogens with one attached hydrogen (secondary N) is 2. The molecule has 0 aliphatic carbocycles. The van der Waals surface area contributed by atoms with Crippen LogP contribution in [0.15, 0.2) is 66.7 Å². The topological polar surface area (TPSA) is 95.1 Å². The lowest BCUT2D eigenvalue weighted by Crippen LogP contribution is -2.33. The van der Waals surface area contributed by atoms with Gasteiger partial charge in [-0.05, 0) is 66.9 Å². The third kappa shape index (κ3) is 6.91. The molecule has 3 aromatic carbocycles. The highest BCUT2D eigenvalue weighted by atomic mass is 16.5. The first-order valence-electron chi connectivity index (χ1n) is 11.7. The molecule has 2 amide bonds. The van der Waals surface area contributed by atoms with Gasteiger partial charge in [-0.3, -0.25) is 9.59 Å². The van der Waals surface area contributed by atoms with E-state index in [0.29, 0.717) is 53.6 Å². The number of benzene rings is 3. The first-order chi connectivity index (χ1) is 17.5. The molecule has 2 N–H and O–H groups in total. The van der Waals surface area contributed by atoms with Crippen molar-refractivity contribution in [3.05, 3.63) is 77.9 Å². The Hall–Kier alpha value is -4.20. The van der Waals surface area contributed by atoms with E-state index in [-0.39, 0.29) is 11.8 Å². The van der Waals surface area contributed by atoms with Crippen molar-refractivity contribution >= 4 is 17.5 Å². The van der Waals surface area contributed by atoms with Crippen molar-refractivity contribution < 1.29 is 28.5 Å². The minimum Gasteiger partial charge on any atom is -0.497 e. The second-order valence-electron chi connectivity index (χ2n) is 7.92. The van der Waals surface area contributed by atoms with E-state index >= 15 is 0 Å². The van der Waals surface area contributed by atoms with Crippen LogP contribution in [0.1, 0.15) is 29.3 Å². The first kappa shape index (κ1) is 26.4. The fourth-order valence-corrected chi connectivity index (χ4v) is 3.60. The van der Waals surface area contributed by atoms with Crippen molar-refractivity contribution in [2.24, 2.45) is 0 Å². The summed E-state index contributed by atoms with van der Waals surface area (Å²) in [6, 6.07) is 19.5. The van der Waals surface area contributed by atoms with Gasteiger partial charge >= 0.3 is 0 Å². The molecule has 190 valence electrons. The average Bonchev–Trinajstić information content (AvgIpc) is 2.92. The fraction of sp³-hybridized carbons (Fsp3) is 0.286. The molecule has 8 heteroatoms. The van der Waals surface area contributed by atoms with Crippen LogP contribution in [0.2, 0.25) is 0 Å². The molecule has 0 bridgehead atoms. The highest BCUT2D eigenvalue weighted by Gasteiger charge is 2.21. The molecule has 0 spiro atoms. The van der Waals surface area contributed by atoms with Crippen molar-refractivity contribution in [2.45, 2.75) is 25.9 Å². The molecule has 0 saturated heterocycles. The smallest absolute Gasteiger partial charge is 0.265 e. The van der Waals surface area contributed by atoms with Gasteiger partial charge < -0.3 is 29.6 Å². The molecule has 0 saturated carbocycles. The molecule has 0 aliphatic rings. The molecule has 0 radical (unpaired) electrons. The number of hydrogen-bond donors (Lipinski definition) is 2. The molecule has 0 heterocycles. The van der Waals surface area contributed by atoms with E-state index in [1.54, 1.807) is 69.9 Å². The Morgan fingerprint density at radius 2 is 1.53 bits per heavy atom. The van der Waals surface area contributed by atoms with Crippen molar-refractivity contribution in [3.8, 4) is 23.0 Å². The molecule has 1 unspecified atom stereocenters. The molecule has 3 aromatic rings. The highest BCUT2D eigenvalue weighted by molar-refractivity contribution is 6.04. The van der Waals surface area contributed by atoms with Gasteiger partial charge in [0.25, 0.3) is 11.8 Å². The summed E-state index contributed by atoms with van der Waals surface area (Å²) in [6.07, 6.45) is 0.339. The number of amides is 2. The second kappa shape index (κ2) is 13.0. The van der Waals surface area contributed by atoms with Gasteiger partial charge in [-0.2, -0.15) is 0 Å². The number of ether oxygens (including phenoxy) is 4. The SMILES string of the molecule is CCC(Oc1ccc(OC)cc1)C(=O)Nc1ccccc1C(=O)NCCc1ccc(OC)c(OC)c1. The number of hydrogen-bond acceptors (Lipinski definition) is 6. The van der Waals surface area contributed by atoms with Crippen LogP contribution < -0.4 is 29.6 Å². The van der Waals surface area contributed by atoms with Gasteiger partial charge in [-0.1, -0.05) is 25.1 Å². The van der Waals surface area contributed by atoms with E-state index in [1.165, 1.54) is 0 Å². The van der Waals surface area contributed by atoms with Crippen LogP contribution >= 0.6 is 0 Å². The molecular formula is C28H32N2O6. The minimum atomic E-state index is -0.723. The number of methoxy groups -OCH3 is 3. The minimum absolute atomic E-state index is 0.282. The summed E-state index contributed by atoms with van der Waals surface area (Å²) in [5, 5.41) is 5.76. The van der Waals surface area contributed by atoms with Crippen LogP contribution in [0.25, 0.3) is 0 Å². The Morgan fingerprint density at radius 1 is 0.833 bits per heavy atom. The van der Waals surface area contributed by atoms with Gasteiger partial charge in [0, 0.05) is 6.54 Å². The maximum atomic E-state index is 12.9. The van der Waals surface area contributed by atoms with Crippen LogP contribution in [0.5, 0.6) is 23.0 Å². The monoisotopic (exact) mass is 492 g/mol. The van der Waals surface area contributed by atoms with Crippen molar-refractivity contribution in [2.75, 3.05) is 33.2 Å². The lowest BCUT2D eigenvalue weighted by molar-refractivity contribution is -0.122. The third-order valence-corrected chi connectivity index (χ3v) is 5.58. The van der Waals surface area contributed by atoms with Gasteiger partial charge in [0.1, 0.15) is 11.5 Å². The van der Waals surface area contributed by atoms with Gasteiger partial charge in [0.15, 0.2) is 17.6 Å². The summed E-state index contributed by atoms with van der Waals surface area (Å²) < 4.78 is 21.6. The summed E-state index contributed by atoms with van der Waals surface area (Å²) in [5.74, 6) is 1.92. The summed E-state index contributed by atoms with van der Waals surface area (Å²) in [5.41, 5.74) is 1.79. The molecule has 0 aliphatic heterocycles. The first-order valence-corrected chi connectivity index (χ1v) is 11.7. The maximum Gasteiger partial charge on any atom is 0.265 e. The molecule has 8 nitrogen and oxygen atoms in total. The van der Waals surface area contributed by atoms with Gasteiger partial charge in [-0.25, -0.2) is 0 Å². The standard InChI is InChI=1S/C28H32N2O6/c1-5-24(36-21-13-11-20(33-2)12-14-21)28(32)30-23-9-7-6-8-22(23)27(31)29-17-16-19-10-15-25(34-3)26(18-19)35-4/h6-15,18,24H,5,16-17H2,1-4H3,(H,29,31)(H,30,32). The predicted molar refractivity (Wildman–Crippen MR) is 138 cm³/mol. The van der Waals surface area contributed by atoms with Gasteiger partial charge in [-0.15, -0.1) is 0 Å². The largest absolute Gasteiger partial charge is 0.497 e. The van der Waals surface area contributed by atoms with Crippen LogP contribution in [0.4, 0.5) is 5.69 Å². The third-order valence-electron chi connectivity index (χ3n) is 5.58. The fourth-order valence-electron chi connectivity index (χ4n) is 3.60. The van der Waals surface area contributed by atoms with Crippen molar-refractivity contribution in [1.82, 2.24) is 5.32 Å². The average molecular weight is 493 g/mol. The van der Waals surface area contributed by atoms with Crippen molar-refractivity contribution in [1.29, 1.82) is 0 Å². The predicted octanol–water partition coefficient (Wildman–Crippen LogP) is 4.48. The Bertz CT molecular complexity index is 1160.